The maximum absolute atomic E-state index is 12.8. The molecular weight excluding hydrogens is 388 g/mol. The summed E-state index contributed by atoms with van der Waals surface area (Å²) in [6.07, 6.45) is 5.62. The third-order valence-electron chi connectivity index (χ3n) is 6.90. The van der Waals surface area contributed by atoms with Crippen LogP contribution in [0.25, 0.3) is 0 Å². The van der Waals surface area contributed by atoms with Crippen LogP contribution in [0.3, 0.4) is 0 Å². The van der Waals surface area contributed by atoms with Crippen molar-refractivity contribution in [3.05, 3.63) is 65.7 Å². The first kappa shape index (κ1) is 20.1. The molecule has 1 aliphatic carbocycles. The highest BCUT2D eigenvalue weighted by Gasteiger charge is 2.44. The van der Waals surface area contributed by atoms with Gasteiger partial charge in [0.1, 0.15) is 11.4 Å². The van der Waals surface area contributed by atoms with Gasteiger partial charge in [0.05, 0.1) is 6.42 Å². The summed E-state index contributed by atoms with van der Waals surface area (Å²) < 4.78 is 6.54. The van der Waals surface area contributed by atoms with E-state index in [0.717, 1.165) is 49.0 Å². The largest absolute Gasteiger partial charge is 0.487 e. The molecule has 2 aromatic carbocycles. The lowest BCUT2D eigenvalue weighted by Crippen LogP contribution is -2.52. The number of hydrogen-bond acceptors (Lipinski definition) is 3. The van der Waals surface area contributed by atoms with Gasteiger partial charge in [-0.15, -0.1) is 0 Å². The Balaban J connectivity index is 1.25. The minimum Gasteiger partial charge on any atom is -0.487 e. The lowest BCUT2D eigenvalue weighted by molar-refractivity contribution is -0.134. The first-order chi connectivity index (χ1) is 15.1. The number of carbonyl (C=O) groups is 2. The lowest BCUT2D eigenvalue weighted by Gasteiger charge is -2.47. The van der Waals surface area contributed by atoms with Gasteiger partial charge in [0.15, 0.2) is 0 Å². The molecule has 1 saturated heterocycles. The van der Waals surface area contributed by atoms with E-state index in [2.05, 4.69) is 11.4 Å². The first-order valence-corrected chi connectivity index (χ1v) is 11.5. The number of ether oxygens (including phenoxy) is 1. The van der Waals surface area contributed by atoms with E-state index in [0.29, 0.717) is 32.0 Å². The quantitative estimate of drug-likeness (QED) is 0.803. The Hall–Kier alpha value is -2.82. The van der Waals surface area contributed by atoms with Crippen LogP contribution < -0.4 is 10.1 Å². The van der Waals surface area contributed by atoms with Crippen molar-refractivity contribution in [2.24, 2.45) is 0 Å². The van der Waals surface area contributed by atoms with E-state index < -0.39 is 0 Å². The molecule has 0 radical (unpaired) electrons. The number of hydrogen-bond donors (Lipinski definition) is 1. The summed E-state index contributed by atoms with van der Waals surface area (Å²) in [5.74, 6) is 1.39. The maximum Gasteiger partial charge on any atom is 0.226 e. The average Bonchev–Trinajstić information content (AvgIpc) is 3.59. The highest BCUT2D eigenvalue weighted by molar-refractivity contribution is 5.79. The molecule has 5 rings (SSSR count). The van der Waals surface area contributed by atoms with Gasteiger partial charge in [-0.05, 0) is 36.5 Å². The second-order valence-corrected chi connectivity index (χ2v) is 9.31. The van der Waals surface area contributed by atoms with Crippen LogP contribution in [0.5, 0.6) is 5.75 Å². The van der Waals surface area contributed by atoms with Crippen molar-refractivity contribution < 1.29 is 14.3 Å². The Kier molecular flexibility index (Phi) is 5.43. The molecule has 2 amide bonds. The molecule has 3 aliphatic rings. The molecule has 5 heteroatoms. The molecule has 1 atom stereocenters. The third-order valence-corrected chi connectivity index (χ3v) is 6.90. The van der Waals surface area contributed by atoms with Crippen molar-refractivity contribution in [3.8, 4) is 5.75 Å². The Morgan fingerprint density at radius 2 is 1.71 bits per heavy atom. The van der Waals surface area contributed by atoms with Crippen molar-refractivity contribution in [2.75, 3.05) is 13.1 Å². The van der Waals surface area contributed by atoms with E-state index in [1.54, 1.807) is 0 Å². The standard InChI is InChI=1S/C26H30N2O3/c29-24(27-21-10-11-21)17-20-18-26(31-23-9-5-4-8-22(20)23)12-14-28(15-13-26)25(30)16-19-6-2-1-3-7-19/h1-9,20-21H,10-18H2,(H,27,29)/t20-/m1/s1. The van der Waals surface area contributed by atoms with Crippen molar-refractivity contribution in [3.63, 3.8) is 0 Å². The van der Waals surface area contributed by atoms with Gasteiger partial charge < -0.3 is 15.0 Å². The molecule has 2 aliphatic heterocycles. The van der Waals surface area contributed by atoms with Crippen LogP contribution in [-0.2, 0) is 16.0 Å². The van der Waals surface area contributed by atoms with Gasteiger partial charge in [-0.1, -0.05) is 48.5 Å². The van der Waals surface area contributed by atoms with Crippen LogP contribution in [0.4, 0.5) is 0 Å². The zero-order valence-electron chi connectivity index (χ0n) is 17.9. The number of nitrogens with zero attached hydrogens (tertiary/aromatic N) is 1. The Labute approximate surface area is 183 Å². The number of benzene rings is 2. The second-order valence-electron chi connectivity index (χ2n) is 9.31. The van der Waals surface area contributed by atoms with E-state index >= 15 is 0 Å². The molecular formula is C26H30N2O3. The molecule has 1 spiro atoms. The van der Waals surface area contributed by atoms with Gasteiger partial charge in [-0.2, -0.15) is 0 Å². The number of rotatable bonds is 5. The number of para-hydroxylation sites is 1. The fourth-order valence-corrected chi connectivity index (χ4v) is 5.02. The summed E-state index contributed by atoms with van der Waals surface area (Å²) in [4.78, 5) is 27.3. The first-order valence-electron chi connectivity index (χ1n) is 11.5. The second kappa shape index (κ2) is 8.37. The fraction of sp³-hybridized carbons (Fsp3) is 0.462. The number of likely N-dealkylation sites (tertiary alicyclic amines) is 1. The molecule has 2 aromatic rings. The van der Waals surface area contributed by atoms with Crippen LogP contribution >= 0.6 is 0 Å². The van der Waals surface area contributed by atoms with E-state index in [1.807, 2.05) is 53.4 Å². The van der Waals surface area contributed by atoms with Crippen molar-refractivity contribution >= 4 is 11.8 Å². The van der Waals surface area contributed by atoms with Gasteiger partial charge in [0.25, 0.3) is 0 Å². The molecule has 1 saturated carbocycles. The molecule has 1 N–H and O–H groups in total. The van der Waals surface area contributed by atoms with Crippen LogP contribution in [0, 0.1) is 0 Å². The number of amides is 2. The summed E-state index contributed by atoms with van der Waals surface area (Å²) in [7, 11) is 0. The van der Waals surface area contributed by atoms with Crippen LogP contribution in [0.1, 0.15) is 55.6 Å². The molecule has 0 aromatic heterocycles. The highest BCUT2D eigenvalue weighted by Crippen LogP contribution is 2.46. The summed E-state index contributed by atoms with van der Waals surface area (Å²) in [6.45, 7) is 1.41. The zero-order chi connectivity index (χ0) is 21.3. The zero-order valence-corrected chi connectivity index (χ0v) is 17.9. The highest BCUT2D eigenvalue weighted by atomic mass is 16.5. The van der Waals surface area contributed by atoms with Gasteiger partial charge in [0, 0.05) is 44.3 Å². The van der Waals surface area contributed by atoms with E-state index in [-0.39, 0.29) is 23.3 Å². The van der Waals surface area contributed by atoms with Crippen LogP contribution in [-0.4, -0.2) is 41.4 Å². The monoisotopic (exact) mass is 418 g/mol. The molecule has 2 fully saturated rings. The van der Waals surface area contributed by atoms with E-state index in [4.69, 9.17) is 4.74 Å². The summed E-state index contributed by atoms with van der Waals surface area (Å²) >= 11 is 0. The smallest absolute Gasteiger partial charge is 0.226 e. The van der Waals surface area contributed by atoms with Gasteiger partial charge in [-0.25, -0.2) is 0 Å². The average molecular weight is 419 g/mol. The van der Waals surface area contributed by atoms with Crippen LogP contribution in [0.15, 0.2) is 54.6 Å². The molecule has 31 heavy (non-hydrogen) atoms. The minimum atomic E-state index is -0.289. The predicted octanol–water partition coefficient (Wildman–Crippen LogP) is 3.83. The Morgan fingerprint density at radius 3 is 2.45 bits per heavy atom. The minimum absolute atomic E-state index is 0.148. The molecule has 0 bridgehead atoms. The summed E-state index contributed by atoms with van der Waals surface area (Å²) in [5.41, 5.74) is 1.90. The molecule has 5 nitrogen and oxygen atoms in total. The van der Waals surface area contributed by atoms with E-state index in [1.165, 1.54) is 0 Å². The molecule has 0 unspecified atom stereocenters. The van der Waals surface area contributed by atoms with Crippen LogP contribution in [0.2, 0.25) is 0 Å². The Bertz CT molecular complexity index is 946. The van der Waals surface area contributed by atoms with Crippen molar-refractivity contribution in [1.82, 2.24) is 10.2 Å². The normalized spacial score (nSPS) is 21.8. The van der Waals surface area contributed by atoms with Gasteiger partial charge in [-0.3, -0.25) is 9.59 Å². The van der Waals surface area contributed by atoms with Crippen molar-refractivity contribution in [1.29, 1.82) is 0 Å². The number of nitrogens with one attached hydrogen (secondary N) is 1. The molecule has 162 valence electrons. The predicted molar refractivity (Wildman–Crippen MR) is 119 cm³/mol. The third kappa shape index (κ3) is 4.60. The lowest BCUT2D eigenvalue weighted by atomic mass is 9.76. The fourth-order valence-electron chi connectivity index (χ4n) is 5.02. The molecule has 2 heterocycles. The van der Waals surface area contributed by atoms with Gasteiger partial charge in [0.2, 0.25) is 11.8 Å². The number of fused-ring (bicyclic) bond motifs is 1. The summed E-state index contributed by atoms with van der Waals surface area (Å²) in [6, 6.07) is 18.4. The topological polar surface area (TPSA) is 58.6 Å². The SMILES string of the molecule is O=C(C[C@@H]1CC2(CCN(C(=O)Cc3ccccc3)CC2)Oc2ccccc21)NC1CC1. The maximum atomic E-state index is 12.8. The number of carbonyl (C=O) groups excluding carboxylic acids is 2. The summed E-state index contributed by atoms with van der Waals surface area (Å²) in [5, 5.41) is 3.14. The van der Waals surface area contributed by atoms with Crippen molar-refractivity contribution in [2.45, 2.75) is 62.5 Å². The van der Waals surface area contributed by atoms with Gasteiger partial charge >= 0.3 is 0 Å². The number of piperidine rings is 1. The Morgan fingerprint density at radius 1 is 1.00 bits per heavy atom. The van der Waals surface area contributed by atoms with E-state index in [9.17, 15) is 9.59 Å².